The number of hydrogen-bond acceptors (Lipinski definition) is 7. The number of benzene rings is 2. The summed E-state index contributed by atoms with van der Waals surface area (Å²) in [7, 11) is -3.37. The number of amides is 1. The lowest BCUT2D eigenvalue weighted by Crippen LogP contribution is -2.31. The van der Waals surface area contributed by atoms with E-state index < -0.39 is 10.0 Å². The van der Waals surface area contributed by atoms with E-state index >= 15 is 0 Å². The normalized spacial score (nSPS) is 13.5. The van der Waals surface area contributed by atoms with Crippen LogP contribution >= 0.6 is 11.3 Å². The minimum absolute atomic E-state index is 0.0853. The third kappa shape index (κ3) is 6.48. The summed E-state index contributed by atoms with van der Waals surface area (Å²) >= 11 is 1.33. The van der Waals surface area contributed by atoms with Gasteiger partial charge in [0.2, 0.25) is 10.0 Å². The summed E-state index contributed by atoms with van der Waals surface area (Å²) in [6, 6.07) is 11.9. The topological polar surface area (TPSA) is 97.8 Å². The van der Waals surface area contributed by atoms with Crippen LogP contribution in [0.3, 0.4) is 0 Å². The van der Waals surface area contributed by atoms with Gasteiger partial charge in [0.05, 0.1) is 18.0 Å². The maximum Gasteiger partial charge on any atom is 0.257 e. The molecule has 0 atom stereocenters. The second-order valence-corrected chi connectivity index (χ2v) is 11.3. The molecule has 2 aromatic carbocycles. The van der Waals surface area contributed by atoms with Crippen molar-refractivity contribution in [2.45, 2.75) is 32.8 Å². The van der Waals surface area contributed by atoms with Gasteiger partial charge in [-0.2, -0.15) is 0 Å². The Morgan fingerprint density at radius 2 is 1.85 bits per heavy atom. The fourth-order valence-corrected chi connectivity index (χ4v) is 4.85. The lowest BCUT2D eigenvalue weighted by molar-refractivity contribution is 0.102. The Kier molecular flexibility index (Phi) is 7.08. The van der Waals surface area contributed by atoms with Gasteiger partial charge in [0.25, 0.3) is 5.91 Å². The number of sulfonamides is 1. The van der Waals surface area contributed by atoms with Crippen molar-refractivity contribution < 1.29 is 22.7 Å². The van der Waals surface area contributed by atoms with Crippen LogP contribution in [-0.2, 0) is 10.0 Å². The molecule has 1 aromatic heterocycles. The van der Waals surface area contributed by atoms with Crippen molar-refractivity contribution >= 4 is 38.1 Å². The quantitative estimate of drug-likeness (QED) is 0.413. The van der Waals surface area contributed by atoms with Crippen LogP contribution in [0.15, 0.2) is 54.0 Å². The molecule has 1 N–H and O–H groups in total. The summed E-state index contributed by atoms with van der Waals surface area (Å²) in [5.41, 5.74) is 0.967. The molecule has 0 unspecified atom stereocenters. The first-order chi connectivity index (χ1) is 16.2. The van der Waals surface area contributed by atoms with E-state index in [0.29, 0.717) is 46.1 Å². The van der Waals surface area contributed by atoms with Gasteiger partial charge in [-0.15, -0.1) is 11.3 Å². The number of aromatic nitrogens is 1. The molecule has 1 aliphatic carbocycles. The summed E-state index contributed by atoms with van der Waals surface area (Å²) in [5.74, 6) is 1.53. The molecule has 1 fully saturated rings. The molecule has 4 rings (SSSR count). The maximum absolute atomic E-state index is 12.7. The average molecular weight is 502 g/mol. The average Bonchev–Trinajstić information content (AvgIpc) is 3.45. The number of nitrogens with zero attached hydrogens (tertiary/aromatic N) is 2. The number of ether oxygens (including phenoxy) is 2. The summed E-state index contributed by atoms with van der Waals surface area (Å²) in [6.07, 6.45) is 4.86. The van der Waals surface area contributed by atoms with Crippen LogP contribution in [0.4, 0.5) is 10.8 Å². The monoisotopic (exact) mass is 501 g/mol. The molecular formula is C24H27N3O5S2. The summed E-state index contributed by atoms with van der Waals surface area (Å²) in [6.45, 7) is 4.29. The van der Waals surface area contributed by atoms with Crippen LogP contribution in [0.2, 0.25) is 0 Å². The number of carbonyl (C=O) groups excluding carboxylic acids is 1. The molecule has 10 heteroatoms. The molecule has 34 heavy (non-hydrogen) atoms. The number of rotatable bonds is 10. The third-order valence-electron chi connectivity index (χ3n) is 5.05. The first-order valence-electron chi connectivity index (χ1n) is 11.0. The van der Waals surface area contributed by atoms with Crippen molar-refractivity contribution in [2.75, 3.05) is 22.4 Å². The molecule has 1 saturated carbocycles. The van der Waals surface area contributed by atoms with Gasteiger partial charge < -0.3 is 9.47 Å². The smallest absolute Gasteiger partial charge is 0.257 e. The number of hydrogen-bond donors (Lipinski definition) is 1. The zero-order chi connectivity index (χ0) is 24.3. The zero-order valence-corrected chi connectivity index (χ0v) is 20.9. The first-order valence-corrected chi connectivity index (χ1v) is 13.7. The summed E-state index contributed by atoms with van der Waals surface area (Å²) in [4.78, 5) is 16.8. The van der Waals surface area contributed by atoms with Crippen LogP contribution in [0.25, 0.3) is 0 Å². The van der Waals surface area contributed by atoms with E-state index in [1.54, 1.807) is 54.0 Å². The molecule has 8 nitrogen and oxygen atoms in total. The van der Waals surface area contributed by atoms with E-state index in [2.05, 4.69) is 10.3 Å². The maximum atomic E-state index is 12.7. The standard InChI is InChI=1S/C24H27N3O5S2/c1-16(2)31-21-12-18(23(28)26-24-25-10-11-33-24)13-22(14-21)32-20-8-6-19(7-9-20)27(34(3,29)30)15-17-4-5-17/h6-14,16-17H,4-5,15H2,1-3H3,(H,25,26,28). The Bertz CT molecular complexity index is 1240. The van der Waals surface area contributed by atoms with Gasteiger partial charge in [0, 0.05) is 29.8 Å². The predicted molar refractivity (Wildman–Crippen MR) is 134 cm³/mol. The largest absolute Gasteiger partial charge is 0.491 e. The highest BCUT2D eigenvalue weighted by Crippen LogP contribution is 2.34. The Balaban J connectivity index is 1.55. The lowest BCUT2D eigenvalue weighted by Gasteiger charge is -2.22. The van der Waals surface area contributed by atoms with Crippen LogP contribution in [0.5, 0.6) is 17.2 Å². The van der Waals surface area contributed by atoms with Gasteiger partial charge >= 0.3 is 0 Å². The molecule has 0 spiro atoms. The molecular weight excluding hydrogens is 474 g/mol. The highest BCUT2D eigenvalue weighted by Gasteiger charge is 2.28. The molecule has 0 saturated heterocycles. The molecule has 1 amide bonds. The number of nitrogens with one attached hydrogen (secondary N) is 1. The summed E-state index contributed by atoms with van der Waals surface area (Å²) < 4.78 is 37.7. The molecule has 1 heterocycles. The van der Waals surface area contributed by atoms with Crippen LogP contribution in [0, 0.1) is 5.92 Å². The Morgan fingerprint density at radius 3 is 2.44 bits per heavy atom. The highest BCUT2D eigenvalue weighted by atomic mass is 32.2. The van der Waals surface area contributed by atoms with Gasteiger partial charge in [-0.1, -0.05) is 0 Å². The van der Waals surface area contributed by atoms with Gasteiger partial charge in [-0.05, 0) is 69.0 Å². The lowest BCUT2D eigenvalue weighted by atomic mass is 10.2. The number of anilines is 2. The molecule has 1 aliphatic rings. The molecule has 0 radical (unpaired) electrons. The molecule has 0 aliphatic heterocycles. The molecule has 0 bridgehead atoms. The minimum Gasteiger partial charge on any atom is -0.491 e. The van der Waals surface area contributed by atoms with Crippen molar-refractivity contribution in [3.8, 4) is 17.2 Å². The molecule has 180 valence electrons. The van der Waals surface area contributed by atoms with E-state index in [1.165, 1.54) is 21.9 Å². The van der Waals surface area contributed by atoms with Crippen LogP contribution in [0.1, 0.15) is 37.0 Å². The van der Waals surface area contributed by atoms with E-state index in [4.69, 9.17) is 9.47 Å². The fourth-order valence-electron chi connectivity index (χ4n) is 3.34. The van der Waals surface area contributed by atoms with Gasteiger partial charge in [-0.25, -0.2) is 13.4 Å². The highest BCUT2D eigenvalue weighted by molar-refractivity contribution is 7.92. The Hall–Kier alpha value is -3.11. The van der Waals surface area contributed by atoms with Gasteiger partial charge in [0.15, 0.2) is 5.13 Å². The predicted octanol–water partition coefficient (Wildman–Crippen LogP) is 5.15. The second kappa shape index (κ2) is 10.0. The second-order valence-electron chi connectivity index (χ2n) is 8.48. The fraction of sp³-hybridized carbons (Fsp3) is 0.333. The van der Waals surface area contributed by atoms with Gasteiger partial charge in [0.1, 0.15) is 17.2 Å². The van der Waals surface area contributed by atoms with Crippen molar-refractivity contribution in [2.24, 2.45) is 5.92 Å². The van der Waals surface area contributed by atoms with Crippen molar-refractivity contribution in [1.29, 1.82) is 0 Å². The number of thiazole rings is 1. The zero-order valence-electron chi connectivity index (χ0n) is 19.2. The SMILES string of the molecule is CC(C)Oc1cc(Oc2ccc(N(CC3CC3)S(C)(=O)=O)cc2)cc(C(=O)Nc2nccs2)c1. The van der Waals surface area contributed by atoms with Gasteiger partial charge in [-0.3, -0.25) is 14.4 Å². The molecule has 3 aromatic rings. The first kappa shape index (κ1) is 24.0. The van der Waals surface area contributed by atoms with E-state index in [1.807, 2.05) is 13.8 Å². The van der Waals surface area contributed by atoms with E-state index in [-0.39, 0.29) is 12.0 Å². The van der Waals surface area contributed by atoms with Crippen LogP contribution < -0.4 is 19.1 Å². The summed E-state index contributed by atoms with van der Waals surface area (Å²) in [5, 5.41) is 5.04. The number of carbonyl (C=O) groups is 1. The van der Waals surface area contributed by atoms with E-state index in [0.717, 1.165) is 12.8 Å². The van der Waals surface area contributed by atoms with E-state index in [9.17, 15) is 13.2 Å². The Labute approximate surface area is 203 Å². The third-order valence-corrected chi connectivity index (χ3v) is 6.90. The van der Waals surface area contributed by atoms with Crippen LogP contribution in [-0.4, -0.2) is 38.2 Å². The van der Waals surface area contributed by atoms with Crippen molar-refractivity contribution in [1.82, 2.24) is 4.98 Å². The van der Waals surface area contributed by atoms with Crippen molar-refractivity contribution in [3.05, 3.63) is 59.6 Å². The minimum atomic E-state index is -3.37. The Morgan fingerprint density at radius 1 is 1.15 bits per heavy atom. The van der Waals surface area contributed by atoms with Crippen molar-refractivity contribution in [3.63, 3.8) is 0 Å².